The monoisotopic (exact) mass is 382 g/mol. The maximum Gasteiger partial charge on any atom is 0.260 e. The standard InChI is InChI=1S/C23H27FN2O2/c1-22(11-19(22)16-7-3-2-4-8-16)20(27)25-12-17-14-26(15-18(17)13-25)21(28)23(24)9-5-6-10-23/h2-8,17-19H,9-15H2,1H3/t17-,18+,19-,22+/m1/s1. The maximum atomic E-state index is 14.8. The number of carbonyl (C=O) groups excluding carboxylic acids is 2. The Kier molecular flexibility index (Phi) is 3.94. The van der Waals surface area contributed by atoms with E-state index in [0.29, 0.717) is 32.1 Å². The molecule has 0 N–H and O–H groups in total. The third-order valence-electron chi connectivity index (χ3n) is 7.42. The molecule has 1 aromatic rings. The van der Waals surface area contributed by atoms with Gasteiger partial charge in [-0.2, -0.15) is 0 Å². The minimum Gasteiger partial charge on any atom is -0.341 e. The minimum atomic E-state index is -1.74. The number of hydrogen-bond donors (Lipinski definition) is 0. The first-order valence-electron chi connectivity index (χ1n) is 10.4. The molecule has 2 aliphatic heterocycles. The van der Waals surface area contributed by atoms with Gasteiger partial charge in [0.2, 0.25) is 5.91 Å². The van der Waals surface area contributed by atoms with Gasteiger partial charge in [-0.1, -0.05) is 49.4 Å². The summed E-state index contributed by atoms with van der Waals surface area (Å²) in [5, 5.41) is 0. The molecule has 0 unspecified atom stereocenters. The second-order valence-corrected chi connectivity index (χ2v) is 9.37. The summed E-state index contributed by atoms with van der Waals surface area (Å²) in [5.74, 6) is 0.756. The Morgan fingerprint density at radius 1 is 0.929 bits per heavy atom. The Hall–Kier alpha value is -2.17. The van der Waals surface area contributed by atoms with Crippen molar-refractivity contribution in [3.63, 3.8) is 0 Å². The SMILES string of the molecule is C[C@]1(C(=O)N2C[C@H]3CN(C(=O)C4(F)CC=CC4)C[C@H]3C2)C[C@@H]1c1ccccc1. The van der Waals surface area contributed by atoms with Gasteiger partial charge in [0, 0.05) is 50.9 Å². The summed E-state index contributed by atoms with van der Waals surface area (Å²) in [4.78, 5) is 29.5. The first kappa shape index (κ1) is 17.9. The highest BCUT2D eigenvalue weighted by molar-refractivity contribution is 5.88. The normalized spacial score (nSPS) is 35.3. The van der Waals surface area contributed by atoms with Crippen LogP contribution < -0.4 is 0 Å². The molecule has 0 radical (unpaired) electrons. The van der Waals surface area contributed by atoms with E-state index in [1.54, 1.807) is 17.1 Å². The molecule has 2 amide bonds. The Bertz CT molecular complexity index is 816. The molecule has 0 spiro atoms. The summed E-state index contributed by atoms with van der Waals surface area (Å²) < 4.78 is 14.8. The van der Waals surface area contributed by atoms with Gasteiger partial charge in [0.1, 0.15) is 0 Å². The van der Waals surface area contributed by atoms with Crippen LogP contribution in [0.15, 0.2) is 42.5 Å². The molecule has 4 nitrogen and oxygen atoms in total. The number of amides is 2. The lowest BCUT2D eigenvalue weighted by molar-refractivity contribution is -0.142. The van der Waals surface area contributed by atoms with Crippen LogP contribution in [0.4, 0.5) is 4.39 Å². The maximum absolute atomic E-state index is 14.8. The molecule has 28 heavy (non-hydrogen) atoms. The van der Waals surface area contributed by atoms with Gasteiger partial charge in [0.25, 0.3) is 5.91 Å². The number of halogens is 1. The molecule has 2 heterocycles. The van der Waals surface area contributed by atoms with Crippen LogP contribution in [0.1, 0.15) is 37.7 Å². The summed E-state index contributed by atoms with van der Waals surface area (Å²) in [6.07, 6.45) is 4.82. The van der Waals surface area contributed by atoms with E-state index >= 15 is 0 Å². The van der Waals surface area contributed by atoms with Crippen LogP contribution in [-0.4, -0.2) is 53.5 Å². The Labute approximate surface area is 165 Å². The van der Waals surface area contributed by atoms with Crippen LogP contribution in [0.25, 0.3) is 0 Å². The number of likely N-dealkylation sites (tertiary alicyclic amines) is 2. The first-order chi connectivity index (χ1) is 13.4. The van der Waals surface area contributed by atoms with Crippen LogP contribution in [0.2, 0.25) is 0 Å². The lowest BCUT2D eigenvalue weighted by Gasteiger charge is -2.28. The molecule has 5 heteroatoms. The van der Waals surface area contributed by atoms with E-state index in [1.807, 2.05) is 23.1 Å². The number of benzene rings is 1. The van der Waals surface area contributed by atoms with E-state index in [-0.39, 0.29) is 41.9 Å². The van der Waals surface area contributed by atoms with Gasteiger partial charge in [0.05, 0.1) is 5.41 Å². The van der Waals surface area contributed by atoms with E-state index < -0.39 is 5.67 Å². The van der Waals surface area contributed by atoms with Gasteiger partial charge in [0.15, 0.2) is 5.67 Å². The first-order valence-corrected chi connectivity index (χ1v) is 10.4. The van der Waals surface area contributed by atoms with Gasteiger partial charge in [-0.05, 0) is 17.9 Å². The summed E-state index contributed by atoms with van der Waals surface area (Å²) in [6.45, 7) is 4.64. The predicted molar refractivity (Wildman–Crippen MR) is 104 cm³/mol. The molecule has 1 saturated carbocycles. The molecule has 0 aromatic heterocycles. The second-order valence-electron chi connectivity index (χ2n) is 9.37. The molecule has 148 valence electrons. The largest absolute Gasteiger partial charge is 0.341 e. The zero-order chi connectivity index (χ0) is 19.5. The van der Waals surface area contributed by atoms with Crippen LogP contribution in [0.5, 0.6) is 0 Å². The van der Waals surface area contributed by atoms with Gasteiger partial charge < -0.3 is 9.80 Å². The van der Waals surface area contributed by atoms with Crippen molar-refractivity contribution >= 4 is 11.8 Å². The van der Waals surface area contributed by atoms with Crippen molar-refractivity contribution in [3.05, 3.63) is 48.0 Å². The van der Waals surface area contributed by atoms with Crippen molar-refractivity contribution in [3.8, 4) is 0 Å². The number of alkyl halides is 1. The quantitative estimate of drug-likeness (QED) is 0.754. The summed E-state index contributed by atoms with van der Waals surface area (Å²) in [6, 6.07) is 10.3. The van der Waals surface area contributed by atoms with E-state index in [1.165, 1.54) is 5.56 Å². The molecule has 2 aliphatic carbocycles. The van der Waals surface area contributed by atoms with Crippen LogP contribution in [-0.2, 0) is 9.59 Å². The lowest BCUT2D eigenvalue weighted by Crippen LogP contribution is -2.45. The van der Waals surface area contributed by atoms with Crippen molar-refractivity contribution in [2.75, 3.05) is 26.2 Å². The number of nitrogens with zero attached hydrogens (tertiary/aromatic N) is 2. The lowest BCUT2D eigenvalue weighted by atomic mass is 9.99. The number of rotatable bonds is 3. The van der Waals surface area contributed by atoms with E-state index in [9.17, 15) is 14.0 Å². The van der Waals surface area contributed by atoms with Crippen LogP contribution in [0.3, 0.4) is 0 Å². The minimum absolute atomic E-state index is 0.196. The van der Waals surface area contributed by atoms with Crippen molar-refractivity contribution in [2.24, 2.45) is 17.3 Å². The Balaban J connectivity index is 1.21. The fourth-order valence-corrected chi connectivity index (χ4v) is 5.54. The fraction of sp³-hybridized carbons (Fsp3) is 0.565. The van der Waals surface area contributed by atoms with E-state index in [2.05, 4.69) is 19.1 Å². The Morgan fingerprint density at radius 3 is 2.04 bits per heavy atom. The van der Waals surface area contributed by atoms with Crippen molar-refractivity contribution in [2.45, 2.75) is 37.8 Å². The highest BCUT2D eigenvalue weighted by Crippen LogP contribution is 2.60. The predicted octanol–water partition coefficient (Wildman–Crippen LogP) is 3.16. The molecule has 4 atom stereocenters. The number of carbonyl (C=O) groups is 2. The molecule has 2 saturated heterocycles. The molecular weight excluding hydrogens is 355 g/mol. The van der Waals surface area contributed by atoms with Gasteiger partial charge >= 0.3 is 0 Å². The third-order valence-corrected chi connectivity index (χ3v) is 7.42. The molecule has 1 aromatic carbocycles. The average Bonchev–Trinajstić information content (AvgIpc) is 3.05. The second kappa shape index (κ2) is 6.16. The summed E-state index contributed by atoms with van der Waals surface area (Å²) in [7, 11) is 0. The average molecular weight is 382 g/mol. The van der Waals surface area contributed by atoms with Crippen LogP contribution >= 0.6 is 0 Å². The zero-order valence-corrected chi connectivity index (χ0v) is 16.3. The van der Waals surface area contributed by atoms with Gasteiger partial charge in [-0.25, -0.2) is 4.39 Å². The zero-order valence-electron chi connectivity index (χ0n) is 16.3. The van der Waals surface area contributed by atoms with E-state index in [0.717, 1.165) is 6.42 Å². The van der Waals surface area contributed by atoms with Crippen molar-refractivity contribution in [1.29, 1.82) is 0 Å². The van der Waals surface area contributed by atoms with Crippen LogP contribution in [0, 0.1) is 17.3 Å². The fourth-order valence-electron chi connectivity index (χ4n) is 5.54. The molecule has 5 rings (SSSR count). The van der Waals surface area contributed by atoms with Crippen molar-refractivity contribution < 1.29 is 14.0 Å². The van der Waals surface area contributed by atoms with E-state index in [4.69, 9.17) is 0 Å². The van der Waals surface area contributed by atoms with Gasteiger partial charge in [-0.3, -0.25) is 9.59 Å². The molecule has 0 bridgehead atoms. The highest BCUT2D eigenvalue weighted by Gasteiger charge is 2.59. The molecule has 3 fully saturated rings. The number of hydrogen-bond acceptors (Lipinski definition) is 2. The summed E-state index contributed by atoms with van der Waals surface area (Å²) >= 11 is 0. The number of fused-ring (bicyclic) bond motifs is 1. The molecule has 4 aliphatic rings. The molecular formula is C23H27FN2O2. The third kappa shape index (κ3) is 2.70. The Morgan fingerprint density at radius 2 is 1.46 bits per heavy atom. The van der Waals surface area contributed by atoms with Crippen molar-refractivity contribution in [1.82, 2.24) is 9.80 Å². The van der Waals surface area contributed by atoms with Gasteiger partial charge in [-0.15, -0.1) is 0 Å². The summed E-state index contributed by atoms with van der Waals surface area (Å²) in [5.41, 5.74) is -0.792. The topological polar surface area (TPSA) is 40.6 Å². The highest BCUT2D eigenvalue weighted by atomic mass is 19.1. The number of allylic oxidation sites excluding steroid dienone is 2. The smallest absolute Gasteiger partial charge is 0.260 e.